The van der Waals surface area contributed by atoms with Crippen LogP contribution in [0.4, 0.5) is 0 Å². The molecular weight excluding hydrogens is 434 g/mol. The first-order valence-electron chi connectivity index (χ1n) is 13.0. The zero-order chi connectivity index (χ0) is 23.6. The first-order chi connectivity index (χ1) is 17.2. The molecule has 3 aliphatic heterocycles. The molecule has 35 heavy (non-hydrogen) atoms. The Morgan fingerprint density at radius 1 is 1.09 bits per heavy atom. The van der Waals surface area contributed by atoms with E-state index in [1.54, 1.807) is 0 Å². The van der Waals surface area contributed by atoms with Gasteiger partial charge in [-0.25, -0.2) is 0 Å². The molecule has 2 aromatic rings. The minimum Gasteiger partial charge on any atom is -0.355 e. The number of hydrogen-bond acceptors (Lipinski definition) is 7. The first-order valence-corrected chi connectivity index (χ1v) is 13.0. The molecule has 7 nitrogen and oxygen atoms in total. The van der Waals surface area contributed by atoms with Crippen molar-refractivity contribution in [2.45, 2.75) is 37.9 Å². The molecule has 1 fully saturated rings. The fourth-order valence-corrected chi connectivity index (χ4v) is 5.91. The minimum absolute atomic E-state index is 0.231. The van der Waals surface area contributed by atoms with Crippen molar-refractivity contribution in [3.8, 4) is 0 Å². The van der Waals surface area contributed by atoms with Crippen molar-refractivity contribution < 1.29 is 0 Å². The highest BCUT2D eigenvalue weighted by Gasteiger charge is 2.34. The Balaban J connectivity index is 1.22. The van der Waals surface area contributed by atoms with Gasteiger partial charge in [-0.2, -0.15) is 0 Å². The first kappa shape index (κ1) is 22.4. The van der Waals surface area contributed by atoms with Crippen LogP contribution in [-0.4, -0.2) is 87.8 Å². The molecule has 4 aliphatic rings. The summed E-state index contributed by atoms with van der Waals surface area (Å²) in [5.74, 6) is 2.42. The molecule has 2 aromatic heterocycles. The number of aromatic nitrogens is 2. The largest absolute Gasteiger partial charge is 0.355 e. The Kier molecular flexibility index (Phi) is 6.35. The summed E-state index contributed by atoms with van der Waals surface area (Å²) in [4.78, 5) is 24.4. The zero-order valence-electron chi connectivity index (χ0n) is 20.6. The topological polar surface area (TPSA) is 51.1 Å². The van der Waals surface area contributed by atoms with Gasteiger partial charge in [0.2, 0.25) is 0 Å². The molecule has 0 amide bonds. The van der Waals surface area contributed by atoms with Crippen LogP contribution in [0.1, 0.15) is 35.7 Å². The zero-order valence-corrected chi connectivity index (χ0v) is 20.6. The lowest BCUT2D eigenvalue weighted by atomic mass is 9.90. The van der Waals surface area contributed by atoms with E-state index < -0.39 is 0 Å². The van der Waals surface area contributed by atoms with E-state index in [9.17, 15) is 0 Å². The van der Waals surface area contributed by atoms with Gasteiger partial charge in [-0.3, -0.25) is 19.9 Å². The molecule has 1 unspecified atom stereocenters. The summed E-state index contributed by atoms with van der Waals surface area (Å²) in [5, 5.41) is 0. The van der Waals surface area contributed by atoms with Gasteiger partial charge in [0.05, 0.1) is 17.8 Å². The Morgan fingerprint density at radius 3 is 2.83 bits per heavy atom. The Bertz CT molecular complexity index is 1120. The van der Waals surface area contributed by atoms with E-state index in [0.717, 1.165) is 64.5 Å². The van der Waals surface area contributed by atoms with Gasteiger partial charge in [0.15, 0.2) is 0 Å². The molecule has 0 saturated carbocycles. The third-order valence-electron chi connectivity index (χ3n) is 7.74. The van der Waals surface area contributed by atoms with Gasteiger partial charge in [0.1, 0.15) is 11.7 Å². The number of aliphatic imine (C=N–C) groups is 1. The van der Waals surface area contributed by atoms with Crippen LogP contribution in [-0.2, 0) is 13.0 Å². The Labute approximate surface area is 208 Å². The van der Waals surface area contributed by atoms with Crippen molar-refractivity contribution in [1.82, 2.24) is 29.6 Å². The molecule has 0 radical (unpaired) electrons. The fraction of sp³-hybridized carbons (Fsp3) is 0.464. The van der Waals surface area contributed by atoms with Gasteiger partial charge < -0.3 is 14.7 Å². The Hall–Kier alpha value is -3.03. The standard InChI is InChI=1S/C28H35N7/c1-32-14-16-33(17-15-32)27-11-3-10-26-31-24(21-35(26)27)20-34(19-22-6-4-12-29-18-22)25-9-2-7-23-8-5-13-30-28(23)25/h3-6,8,10-13,18,24-25H,2,7,9,14-17,19-21H2,1H3/t24?,25-/m0/s1. The average Bonchev–Trinajstić information content (AvgIpc) is 3.32. The lowest BCUT2D eigenvalue weighted by Gasteiger charge is -2.40. The summed E-state index contributed by atoms with van der Waals surface area (Å²) in [6, 6.07) is 9.10. The lowest BCUT2D eigenvalue weighted by Crippen LogP contribution is -2.48. The number of pyridine rings is 2. The number of nitrogens with zero attached hydrogens (tertiary/aromatic N) is 7. The second-order valence-corrected chi connectivity index (χ2v) is 10.2. The summed E-state index contributed by atoms with van der Waals surface area (Å²) < 4.78 is 0. The van der Waals surface area contributed by atoms with E-state index >= 15 is 0 Å². The van der Waals surface area contributed by atoms with Crippen LogP contribution in [0.25, 0.3) is 0 Å². The number of allylic oxidation sites excluding steroid dienone is 2. The van der Waals surface area contributed by atoms with E-state index in [-0.39, 0.29) is 6.04 Å². The number of hydrogen-bond donors (Lipinski definition) is 0. The van der Waals surface area contributed by atoms with E-state index in [1.165, 1.54) is 29.1 Å². The second kappa shape index (κ2) is 9.91. The maximum Gasteiger partial charge on any atom is 0.129 e. The second-order valence-electron chi connectivity index (χ2n) is 10.2. The molecule has 2 atom stereocenters. The number of likely N-dealkylation sites (N-methyl/N-ethyl adjacent to an activating group) is 1. The lowest BCUT2D eigenvalue weighted by molar-refractivity contribution is 0.144. The number of aryl methyl sites for hydroxylation is 1. The van der Waals surface area contributed by atoms with Crippen molar-refractivity contribution in [3.05, 3.63) is 83.7 Å². The summed E-state index contributed by atoms with van der Waals surface area (Å²) in [6.07, 6.45) is 15.9. The van der Waals surface area contributed by atoms with Crippen molar-refractivity contribution in [2.75, 3.05) is 46.3 Å². The van der Waals surface area contributed by atoms with Crippen LogP contribution < -0.4 is 0 Å². The third kappa shape index (κ3) is 4.75. The number of fused-ring (bicyclic) bond motifs is 2. The summed E-state index contributed by atoms with van der Waals surface area (Å²) in [5.41, 5.74) is 3.90. The fourth-order valence-electron chi connectivity index (χ4n) is 5.91. The SMILES string of the molecule is CN1CCN(C2=CC=CC3=NC(CN(Cc4cccnc4)[C@H]4CCCc5cccnc54)CN23)CC1. The molecule has 0 N–H and O–H groups in total. The number of piperazine rings is 1. The summed E-state index contributed by atoms with van der Waals surface area (Å²) >= 11 is 0. The van der Waals surface area contributed by atoms with E-state index in [0.29, 0.717) is 6.04 Å². The third-order valence-corrected chi connectivity index (χ3v) is 7.74. The molecular formula is C28H35N7. The van der Waals surface area contributed by atoms with Crippen molar-refractivity contribution >= 4 is 5.84 Å². The molecule has 0 bridgehead atoms. The van der Waals surface area contributed by atoms with Crippen LogP contribution in [0, 0.1) is 0 Å². The van der Waals surface area contributed by atoms with E-state index in [4.69, 9.17) is 9.98 Å². The van der Waals surface area contributed by atoms with Gasteiger partial charge in [0, 0.05) is 64.4 Å². The van der Waals surface area contributed by atoms with E-state index in [2.05, 4.69) is 68.1 Å². The minimum atomic E-state index is 0.231. The van der Waals surface area contributed by atoms with Crippen molar-refractivity contribution in [3.63, 3.8) is 0 Å². The molecule has 0 spiro atoms. The van der Waals surface area contributed by atoms with Crippen LogP contribution in [0.5, 0.6) is 0 Å². The smallest absolute Gasteiger partial charge is 0.129 e. The molecule has 5 heterocycles. The highest BCUT2D eigenvalue weighted by molar-refractivity contribution is 5.96. The monoisotopic (exact) mass is 469 g/mol. The number of amidine groups is 1. The van der Waals surface area contributed by atoms with Gasteiger partial charge >= 0.3 is 0 Å². The van der Waals surface area contributed by atoms with Crippen molar-refractivity contribution in [1.29, 1.82) is 0 Å². The average molecular weight is 470 g/mol. The quantitative estimate of drug-likeness (QED) is 0.648. The molecule has 7 heteroatoms. The maximum absolute atomic E-state index is 5.20. The molecule has 6 rings (SSSR count). The number of rotatable bonds is 6. The van der Waals surface area contributed by atoms with Crippen molar-refractivity contribution in [2.24, 2.45) is 4.99 Å². The maximum atomic E-state index is 5.20. The molecule has 0 aromatic carbocycles. The predicted octanol–water partition coefficient (Wildman–Crippen LogP) is 3.10. The van der Waals surface area contributed by atoms with Crippen LogP contribution in [0.15, 0.2) is 71.9 Å². The summed E-state index contributed by atoms with van der Waals surface area (Å²) in [7, 11) is 2.21. The highest BCUT2D eigenvalue weighted by atomic mass is 15.4. The molecule has 1 saturated heterocycles. The van der Waals surface area contributed by atoms with Gasteiger partial charge in [-0.15, -0.1) is 0 Å². The van der Waals surface area contributed by atoms with Crippen LogP contribution in [0.3, 0.4) is 0 Å². The molecule has 182 valence electrons. The molecule has 1 aliphatic carbocycles. The Morgan fingerprint density at radius 2 is 1.97 bits per heavy atom. The summed E-state index contributed by atoms with van der Waals surface area (Å²) in [6.45, 7) is 7.08. The van der Waals surface area contributed by atoms with Crippen LogP contribution >= 0.6 is 0 Å². The predicted molar refractivity (Wildman–Crippen MR) is 139 cm³/mol. The van der Waals surface area contributed by atoms with Crippen LogP contribution in [0.2, 0.25) is 0 Å². The van der Waals surface area contributed by atoms with Gasteiger partial charge in [0.25, 0.3) is 0 Å². The normalized spacial score (nSPS) is 24.3. The van der Waals surface area contributed by atoms with Gasteiger partial charge in [-0.05, 0) is 61.7 Å². The van der Waals surface area contributed by atoms with E-state index in [1.807, 2.05) is 24.7 Å². The highest BCUT2D eigenvalue weighted by Crippen LogP contribution is 2.35. The van der Waals surface area contributed by atoms with Gasteiger partial charge in [-0.1, -0.05) is 18.2 Å².